The summed E-state index contributed by atoms with van der Waals surface area (Å²) in [7, 11) is 0. The highest BCUT2D eigenvalue weighted by molar-refractivity contribution is 6.13. The Balaban J connectivity index is 1.09. The quantitative estimate of drug-likeness (QED) is 0.169. The second-order valence-corrected chi connectivity index (χ2v) is 14.4. The first-order chi connectivity index (χ1) is 28.7. The molecule has 0 aliphatic heterocycles. The molecule has 6 nitrogen and oxygen atoms in total. The van der Waals surface area contributed by atoms with E-state index in [0.29, 0.717) is 23.0 Å². The predicted molar refractivity (Wildman–Crippen MR) is 233 cm³/mol. The van der Waals surface area contributed by atoms with E-state index in [1.807, 2.05) is 78.9 Å². The molecule has 3 heterocycles. The van der Waals surface area contributed by atoms with E-state index in [2.05, 4.69) is 120 Å². The number of hydrogen-bond acceptors (Lipinski definition) is 5. The summed E-state index contributed by atoms with van der Waals surface area (Å²) in [4.78, 5) is 15.4. The van der Waals surface area contributed by atoms with Crippen LogP contribution in [-0.4, -0.2) is 19.5 Å². The molecule has 270 valence electrons. The van der Waals surface area contributed by atoms with Gasteiger partial charge in [-0.25, -0.2) is 15.0 Å². The zero-order valence-corrected chi connectivity index (χ0v) is 31.0. The lowest BCUT2D eigenvalue weighted by Gasteiger charge is -2.11. The van der Waals surface area contributed by atoms with Crippen LogP contribution in [0.15, 0.2) is 192 Å². The van der Waals surface area contributed by atoms with Crippen LogP contribution in [0.4, 0.5) is 0 Å². The van der Waals surface area contributed by atoms with Crippen LogP contribution in [0, 0.1) is 11.3 Å². The molecule has 0 saturated heterocycles. The van der Waals surface area contributed by atoms with Gasteiger partial charge in [0, 0.05) is 43.9 Å². The van der Waals surface area contributed by atoms with Gasteiger partial charge in [-0.15, -0.1) is 0 Å². The van der Waals surface area contributed by atoms with E-state index in [0.717, 1.165) is 83.0 Å². The molecule has 0 saturated carbocycles. The molecule has 6 heteroatoms. The molecule has 58 heavy (non-hydrogen) atoms. The standard InChI is InChI=1S/C52H31N5O/c53-32-33-11-9-14-37(29-33)34-21-23-36(24-22-34)50-54-51(38-25-27-43-42-17-7-8-19-45(42)57(46(43)30-38)40-15-5-2-6-16-40)56-52(55-50)39-26-28-44-48(31-39)58-47-20-10-18-41(49(44)47)35-12-3-1-4-13-35/h1-31H. The normalized spacial score (nSPS) is 11.4. The monoisotopic (exact) mass is 741 g/mol. The van der Waals surface area contributed by atoms with Crippen LogP contribution < -0.4 is 0 Å². The maximum Gasteiger partial charge on any atom is 0.164 e. The second kappa shape index (κ2) is 13.6. The minimum Gasteiger partial charge on any atom is -0.456 e. The summed E-state index contributed by atoms with van der Waals surface area (Å²) in [5.74, 6) is 1.66. The predicted octanol–water partition coefficient (Wildman–Crippen LogP) is 13.1. The van der Waals surface area contributed by atoms with E-state index in [1.54, 1.807) is 0 Å². The molecule has 0 aliphatic rings. The molecule has 0 radical (unpaired) electrons. The molecule has 0 aliphatic carbocycles. The first-order valence-corrected chi connectivity index (χ1v) is 19.2. The van der Waals surface area contributed by atoms with E-state index < -0.39 is 0 Å². The average Bonchev–Trinajstić information content (AvgIpc) is 3.84. The van der Waals surface area contributed by atoms with Gasteiger partial charge < -0.3 is 8.98 Å². The third-order valence-corrected chi connectivity index (χ3v) is 10.9. The number of aromatic nitrogens is 4. The Bertz CT molecular complexity index is 3400. The fourth-order valence-corrected chi connectivity index (χ4v) is 8.13. The molecule has 0 bridgehead atoms. The SMILES string of the molecule is N#Cc1cccc(-c2ccc(-c3nc(-c4ccc5c(c4)oc4cccc(-c6ccccc6)c45)nc(-c4ccc5c6ccccc6n(-c6ccccc6)c5c4)n3)cc2)c1. The molecule has 0 atom stereocenters. The molecule has 0 amide bonds. The van der Waals surface area contributed by atoms with Crippen LogP contribution in [-0.2, 0) is 0 Å². The summed E-state index contributed by atoms with van der Waals surface area (Å²) in [6.07, 6.45) is 0. The van der Waals surface area contributed by atoms with E-state index in [4.69, 9.17) is 19.4 Å². The minimum absolute atomic E-state index is 0.542. The highest BCUT2D eigenvalue weighted by Gasteiger charge is 2.19. The van der Waals surface area contributed by atoms with Gasteiger partial charge in [-0.05, 0) is 76.9 Å². The van der Waals surface area contributed by atoms with Gasteiger partial charge >= 0.3 is 0 Å². The first-order valence-electron chi connectivity index (χ1n) is 19.2. The number of nitriles is 1. The number of benzene rings is 8. The summed E-state index contributed by atoms with van der Waals surface area (Å²) in [5, 5.41) is 13.9. The van der Waals surface area contributed by atoms with Crippen molar-refractivity contribution >= 4 is 43.7 Å². The third-order valence-electron chi connectivity index (χ3n) is 10.9. The van der Waals surface area contributed by atoms with Gasteiger partial charge in [-0.2, -0.15) is 5.26 Å². The van der Waals surface area contributed by atoms with E-state index >= 15 is 0 Å². The van der Waals surface area contributed by atoms with Crippen molar-refractivity contribution in [2.24, 2.45) is 0 Å². The summed E-state index contributed by atoms with van der Waals surface area (Å²) >= 11 is 0. The largest absolute Gasteiger partial charge is 0.456 e. The molecule has 11 aromatic rings. The van der Waals surface area contributed by atoms with Crippen molar-refractivity contribution < 1.29 is 4.42 Å². The van der Waals surface area contributed by atoms with Gasteiger partial charge in [0.1, 0.15) is 11.2 Å². The molecule has 11 rings (SSSR count). The third kappa shape index (κ3) is 5.61. The van der Waals surface area contributed by atoms with Crippen molar-refractivity contribution in [2.45, 2.75) is 0 Å². The van der Waals surface area contributed by atoms with Crippen molar-refractivity contribution in [3.05, 3.63) is 194 Å². The highest BCUT2D eigenvalue weighted by Crippen LogP contribution is 2.39. The fraction of sp³-hybridized carbons (Fsp3) is 0. The Morgan fingerprint density at radius 2 is 1.02 bits per heavy atom. The van der Waals surface area contributed by atoms with Crippen LogP contribution in [0.25, 0.3) is 106 Å². The first kappa shape index (κ1) is 33.2. The van der Waals surface area contributed by atoms with Crippen molar-refractivity contribution in [2.75, 3.05) is 0 Å². The number of para-hydroxylation sites is 2. The van der Waals surface area contributed by atoms with Gasteiger partial charge in [0.05, 0.1) is 22.7 Å². The number of hydrogen-bond donors (Lipinski definition) is 0. The maximum absolute atomic E-state index is 9.49. The van der Waals surface area contributed by atoms with Gasteiger partial charge in [0.25, 0.3) is 0 Å². The van der Waals surface area contributed by atoms with Crippen molar-refractivity contribution in [1.82, 2.24) is 19.5 Å². The number of rotatable bonds is 6. The van der Waals surface area contributed by atoms with Crippen LogP contribution >= 0.6 is 0 Å². The molecule has 0 N–H and O–H groups in total. The minimum atomic E-state index is 0.542. The summed E-state index contributed by atoms with van der Waals surface area (Å²) in [5.41, 5.74) is 12.3. The average molecular weight is 742 g/mol. The Hall–Kier alpha value is -8.14. The molecule has 8 aromatic carbocycles. The van der Waals surface area contributed by atoms with E-state index in [9.17, 15) is 5.26 Å². The van der Waals surface area contributed by atoms with Gasteiger partial charge in [0.2, 0.25) is 0 Å². The van der Waals surface area contributed by atoms with Crippen LogP contribution in [0.3, 0.4) is 0 Å². The topological polar surface area (TPSA) is 80.5 Å². The summed E-state index contributed by atoms with van der Waals surface area (Å²) in [6, 6.07) is 66.3. The second-order valence-electron chi connectivity index (χ2n) is 14.4. The molecular formula is C52H31N5O. The summed E-state index contributed by atoms with van der Waals surface area (Å²) < 4.78 is 8.82. The molecule has 0 fully saturated rings. The summed E-state index contributed by atoms with van der Waals surface area (Å²) in [6.45, 7) is 0. The molecular weight excluding hydrogens is 711 g/mol. The Kier molecular flexibility index (Phi) is 7.76. The Morgan fingerprint density at radius 1 is 0.414 bits per heavy atom. The van der Waals surface area contributed by atoms with Crippen molar-refractivity contribution in [3.63, 3.8) is 0 Å². The lowest BCUT2D eigenvalue weighted by atomic mass is 9.99. The van der Waals surface area contributed by atoms with Crippen LogP contribution in [0.2, 0.25) is 0 Å². The van der Waals surface area contributed by atoms with Gasteiger partial charge in [-0.3, -0.25) is 0 Å². The zero-order chi connectivity index (χ0) is 38.6. The van der Waals surface area contributed by atoms with E-state index in [-0.39, 0.29) is 0 Å². The molecule has 3 aromatic heterocycles. The lowest BCUT2D eigenvalue weighted by Crippen LogP contribution is -2.00. The fourth-order valence-electron chi connectivity index (χ4n) is 8.13. The maximum atomic E-state index is 9.49. The Morgan fingerprint density at radius 3 is 1.79 bits per heavy atom. The smallest absolute Gasteiger partial charge is 0.164 e. The number of nitrogens with zero attached hydrogens (tertiary/aromatic N) is 5. The molecule has 0 unspecified atom stereocenters. The Labute approximate surface area is 333 Å². The lowest BCUT2D eigenvalue weighted by molar-refractivity contribution is 0.669. The zero-order valence-electron chi connectivity index (χ0n) is 31.0. The van der Waals surface area contributed by atoms with Crippen LogP contribution in [0.1, 0.15) is 5.56 Å². The van der Waals surface area contributed by atoms with E-state index in [1.165, 1.54) is 5.39 Å². The number of fused-ring (bicyclic) bond motifs is 6. The van der Waals surface area contributed by atoms with Gasteiger partial charge in [0.15, 0.2) is 17.5 Å². The number of furan rings is 1. The van der Waals surface area contributed by atoms with Crippen molar-refractivity contribution in [1.29, 1.82) is 5.26 Å². The highest BCUT2D eigenvalue weighted by atomic mass is 16.3. The van der Waals surface area contributed by atoms with Gasteiger partial charge in [-0.1, -0.05) is 133 Å². The van der Waals surface area contributed by atoms with Crippen LogP contribution in [0.5, 0.6) is 0 Å². The van der Waals surface area contributed by atoms with Crippen molar-refractivity contribution in [3.8, 4) is 68.2 Å². The molecule has 0 spiro atoms.